The van der Waals surface area contributed by atoms with Crippen LogP contribution in [0.15, 0.2) is 30.3 Å². The van der Waals surface area contributed by atoms with E-state index in [9.17, 15) is 14.5 Å². The van der Waals surface area contributed by atoms with Crippen molar-refractivity contribution in [2.75, 3.05) is 6.54 Å². The Morgan fingerprint density at radius 1 is 1.37 bits per heavy atom. The van der Waals surface area contributed by atoms with Gasteiger partial charge in [0.1, 0.15) is 4.75 Å². The summed E-state index contributed by atoms with van der Waals surface area (Å²) in [7, 11) is 0. The van der Waals surface area contributed by atoms with Crippen molar-refractivity contribution in [3.63, 3.8) is 0 Å². The van der Waals surface area contributed by atoms with E-state index in [0.717, 1.165) is 5.56 Å². The van der Waals surface area contributed by atoms with Gasteiger partial charge in [-0.25, -0.2) is 0 Å². The van der Waals surface area contributed by atoms with E-state index in [2.05, 4.69) is 0 Å². The van der Waals surface area contributed by atoms with E-state index < -0.39 is 28.1 Å². The van der Waals surface area contributed by atoms with Crippen molar-refractivity contribution >= 4 is 17.3 Å². The third kappa shape index (κ3) is 2.78. The summed E-state index contributed by atoms with van der Waals surface area (Å²) >= 11 is -1.29. The Kier molecular flexibility index (Phi) is 3.90. The molecule has 3 atom stereocenters. The van der Waals surface area contributed by atoms with Crippen molar-refractivity contribution in [3.05, 3.63) is 35.9 Å². The summed E-state index contributed by atoms with van der Waals surface area (Å²) in [4.78, 5) is 11.4. The molecule has 104 valence electrons. The number of nitrogens with zero attached hydrogens (tertiary/aromatic N) is 1. The lowest BCUT2D eigenvalue weighted by Gasteiger charge is -2.47. The SMILES string of the molecule is CC(C)(C)[S+]([O-])N1C[C@H](c2ccccc2)[C@H]1C(=O)O. The van der Waals surface area contributed by atoms with E-state index >= 15 is 0 Å². The molecule has 0 saturated carbocycles. The first-order valence-corrected chi connectivity index (χ1v) is 7.39. The van der Waals surface area contributed by atoms with Crippen LogP contribution in [0.1, 0.15) is 32.3 Å². The number of aliphatic carboxylic acids is 1. The summed E-state index contributed by atoms with van der Waals surface area (Å²) in [6.07, 6.45) is 0. The molecular weight excluding hydrogens is 262 g/mol. The van der Waals surface area contributed by atoms with E-state index in [1.807, 2.05) is 51.1 Å². The van der Waals surface area contributed by atoms with Crippen LogP contribution in [0.25, 0.3) is 0 Å². The average molecular weight is 281 g/mol. The van der Waals surface area contributed by atoms with Gasteiger partial charge in [-0.05, 0) is 26.3 Å². The van der Waals surface area contributed by atoms with Crippen molar-refractivity contribution in [2.24, 2.45) is 0 Å². The molecule has 2 rings (SSSR count). The van der Waals surface area contributed by atoms with Crippen LogP contribution in [0.2, 0.25) is 0 Å². The van der Waals surface area contributed by atoms with E-state index in [-0.39, 0.29) is 5.92 Å². The van der Waals surface area contributed by atoms with Crippen molar-refractivity contribution in [3.8, 4) is 0 Å². The first-order valence-electron chi connectivity index (χ1n) is 6.29. The zero-order valence-electron chi connectivity index (χ0n) is 11.4. The van der Waals surface area contributed by atoms with Crippen LogP contribution in [0.3, 0.4) is 0 Å². The van der Waals surface area contributed by atoms with E-state index in [1.165, 1.54) is 0 Å². The van der Waals surface area contributed by atoms with Gasteiger partial charge < -0.3 is 9.66 Å². The first kappa shape index (κ1) is 14.4. The Bertz CT molecular complexity index is 458. The summed E-state index contributed by atoms with van der Waals surface area (Å²) < 4.78 is 13.5. The third-order valence-electron chi connectivity index (χ3n) is 3.29. The van der Waals surface area contributed by atoms with Crippen molar-refractivity contribution in [1.82, 2.24) is 4.31 Å². The van der Waals surface area contributed by atoms with Gasteiger partial charge in [-0.2, -0.15) is 0 Å². The summed E-state index contributed by atoms with van der Waals surface area (Å²) in [5.41, 5.74) is 0.997. The van der Waals surface area contributed by atoms with Gasteiger partial charge in [0.15, 0.2) is 6.04 Å². The molecule has 0 amide bonds. The van der Waals surface area contributed by atoms with Crippen LogP contribution < -0.4 is 0 Å². The van der Waals surface area contributed by atoms with Crippen LogP contribution in [0, 0.1) is 0 Å². The molecule has 1 aliphatic heterocycles. The van der Waals surface area contributed by atoms with Gasteiger partial charge >= 0.3 is 5.97 Å². The monoisotopic (exact) mass is 281 g/mol. The minimum absolute atomic E-state index is 0.0787. The normalized spacial score (nSPS) is 25.7. The van der Waals surface area contributed by atoms with Gasteiger partial charge in [0.2, 0.25) is 0 Å². The van der Waals surface area contributed by atoms with Gasteiger partial charge in [0, 0.05) is 17.3 Å². The summed E-state index contributed by atoms with van der Waals surface area (Å²) in [5, 5.41) is 9.37. The maximum atomic E-state index is 12.3. The molecule has 4 nitrogen and oxygen atoms in total. The number of hydrogen-bond donors (Lipinski definition) is 1. The Morgan fingerprint density at radius 3 is 2.42 bits per heavy atom. The zero-order chi connectivity index (χ0) is 14.2. The van der Waals surface area contributed by atoms with Crippen LogP contribution in [0.4, 0.5) is 0 Å². The second-order valence-electron chi connectivity index (χ2n) is 5.76. The van der Waals surface area contributed by atoms with Gasteiger partial charge in [-0.15, -0.1) is 4.31 Å². The number of carboxylic acid groups (broad SMARTS) is 1. The predicted molar refractivity (Wildman–Crippen MR) is 75.2 cm³/mol. The second-order valence-corrected chi connectivity index (χ2v) is 7.95. The number of hydrogen-bond acceptors (Lipinski definition) is 3. The van der Waals surface area contributed by atoms with Crippen LogP contribution in [-0.2, 0) is 16.2 Å². The number of benzene rings is 1. The molecule has 1 aromatic rings. The maximum absolute atomic E-state index is 12.3. The zero-order valence-corrected chi connectivity index (χ0v) is 12.2. The molecule has 1 aromatic carbocycles. The third-order valence-corrected chi connectivity index (χ3v) is 5.14. The predicted octanol–water partition coefficient (Wildman–Crippen LogP) is 2.00. The van der Waals surface area contributed by atoms with E-state index in [1.54, 1.807) is 4.31 Å². The fraction of sp³-hybridized carbons (Fsp3) is 0.500. The Balaban J connectivity index is 2.18. The van der Waals surface area contributed by atoms with Crippen LogP contribution >= 0.6 is 0 Å². The highest BCUT2D eigenvalue weighted by Crippen LogP contribution is 2.39. The molecule has 0 spiro atoms. The lowest BCUT2D eigenvalue weighted by atomic mass is 9.85. The van der Waals surface area contributed by atoms with Crippen LogP contribution in [-0.4, -0.2) is 37.3 Å². The van der Waals surface area contributed by atoms with Crippen molar-refractivity contribution < 1.29 is 14.5 Å². The number of carboxylic acids is 1. The second kappa shape index (κ2) is 5.15. The molecule has 5 heteroatoms. The molecular formula is C14H19NO3S. The fourth-order valence-corrected chi connectivity index (χ4v) is 3.72. The van der Waals surface area contributed by atoms with Crippen molar-refractivity contribution in [2.45, 2.75) is 37.5 Å². The highest BCUT2D eigenvalue weighted by atomic mass is 32.2. The quantitative estimate of drug-likeness (QED) is 0.861. The Morgan fingerprint density at radius 2 is 1.95 bits per heavy atom. The fourth-order valence-electron chi connectivity index (χ4n) is 2.28. The molecule has 1 saturated heterocycles. The maximum Gasteiger partial charge on any atom is 0.326 e. The lowest BCUT2D eigenvalue weighted by molar-refractivity contribution is -0.146. The smallest absolute Gasteiger partial charge is 0.326 e. The molecule has 1 unspecified atom stereocenters. The Labute approximate surface area is 116 Å². The lowest BCUT2D eigenvalue weighted by Crippen LogP contribution is -2.63. The largest absolute Gasteiger partial charge is 0.597 e. The van der Waals surface area contributed by atoms with Gasteiger partial charge in [0.25, 0.3) is 0 Å². The van der Waals surface area contributed by atoms with Gasteiger partial charge in [-0.1, -0.05) is 30.3 Å². The van der Waals surface area contributed by atoms with Crippen molar-refractivity contribution in [1.29, 1.82) is 0 Å². The summed E-state index contributed by atoms with van der Waals surface area (Å²) in [5.74, 6) is -0.984. The molecule has 1 aliphatic rings. The molecule has 19 heavy (non-hydrogen) atoms. The van der Waals surface area contributed by atoms with Crippen LogP contribution in [0.5, 0.6) is 0 Å². The van der Waals surface area contributed by atoms with Gasteiger partial charge in [-0.3, -0.25) is 4.79 Å². The average Bonchev–Trinajstić information content (AvgIpc) is 2.27. The van der Waals surface area contributed by atoms with E-state index in [0.29, 0.717) is 6.54 Å². The molecule has 0 aliphatic carbocycles. The minimum Gasteiger partial charge on any atom is -0.597 e. The Hall–Kier alpha value is -1.04. The molecule has 1 N–H and O–H groups in total. The topological polar surface area (TPSA) is 63.6 Å². The first-order chi connectivity index (χ1) is 8.82. The minimum atomic E-state index is -1.29. The number of rotatable bonds is 3. The molecule has 0 bridgehead atoms. The summed E-state index contributed by atoms with van der Waals surface area (Å²) in [6.45, 7) is 6.11. The molecule has 1 heterocycles. The molecule has 1 fully saturated rings. The van der Waals surface area contributed by atoms with E-state index in [4.69, 9.17) is 0 Å². The molecule has 0 radical (unpaired) electrons. The van der Waals surface area contributed by atoms with Gasteiger partial charge in [0.05, 0.1) is 6.54 Å². The standard InChI is InChI=1S/C14H19NO3S/c1-14(2,3)19(18)15-9-11(12(15)13(16)17)10-7-5-4-6-8-10/h4-8,11-12H,9H2,1-3H3,(H,16,17)/t11-,12+,19?/m1/s1. The summed E-state index contributed by atoms with van der Waals surface area (Å²) in [6, 6.07) is 8.87. The highest BCUT2D eigenvalue weighted by molar-refractivity contribution is 7.90. The molecule has 0 aromatic heterocycles. The number of carbonyl (C=O) groups is 1. The highest BCUT2D eigenvalue weighted by Gasteiger charge is 2.53.